The summed E-state index contributed by atoms with van der Waals surface area (Å²) in [7, 11) is 0. The predicted molar refractivity (Wildman–Crippen MR) is 121 cm³/mol. The minimum Gasteiger partial charge on any atom is -0.455 e. The third-order valence-corrected chi connectivity index (χ3v) is 5.78. The summed E-state index contributed by atoms with van der Waals surface area (Å²) in [5.74, 6) is -0.622. The van der Waals surface area contributed by atoms with Crippen molar-refractivity contribution in [1.29, 1.82) is 0 Å². The van der Waals surface area contributed by atoms with Gasteiger partial charge in [0.05, 0.1) is 0 Å². The van der Waals surface area contributed by atoms with Crippen molar-refractivity contribution in [2.75, 3.05) is 0 Å². The first kappa shape index (κ1) is 21.8. The van der Waals surface area contributed by atoms with Gasteiger partial charge in [-0.3, -0.25) is 5.32 Å². The summed E-state index contributed by atoms with van der Waals surface area (Å²) in [6.07, 6.45) is 0.885. The first-order chi connectivity index (χ1) is 14.3. The molecule has 0 spiro atoms. The summed E-state index contributed by atoms with van der Waals surface area (Å²) in [4.78, 5) is 27.2. The Balaban J connectivity index is 1.75. The Kier molecular flexibility index (Phi) is 7.07. The van der Waals surface area contributed by atoms with E-state index in [1.165, 1.54) is 0 Å². The van der Waals surface area contributed by atoms with Crippen LogP contribution in [0.4, 0.5) is 4.79 Å². The van der Waals surface area contributed by atoms with E-state index < -0.39 is 17.7 Å². The highest BCUT2D eigenvalue weighted by Gasteiger charge is 2.22. The van der Waals surface area contributed by atoms with Gasteiger partial charge in [-0.15, -0.1) is 22.7 Å². The molecule has 0 fully saturated rings. The topological polar surface area (TPSA) is 64.6 Å². The van der Waals surface area contributed by atoms with Crippen molar-refractivity contribution in [2.45, 2.75) is 33.0 Å². The molecule has 1 N–H and O–H groups in total. The minimum atomic E-state index is -0.718. The molecule has 0 saturated carbocycles. The molecule has 0 radical (unpaired) electrons. The Morgan fingerprint density at radius 2 is 1.80 bits per heavy atom. The van der Waals surface area contributed by atoms with Gasteiger partial charge in [-0.1, -0.05) is 36.4 Å². The van der Waals surface area contributed by atoms with Crippen LogP contribution >= 0.6 is 22.7 Å². The molecule has 0 aliphatic carbocycles. The van der Waals surface area contributed by atoms with Gasteiger partial charge >= 0.3 is 12.1 Å². The average molecular weight is 442 g/mol. The van der Waals surface area contributed by atoms with Gasteiger partial charge in [-0.25, -0.2) is 9.59 Å². The standard InChI is InChI=1S/C23H23NO4S2/c1-23(2,3)28-21(25)18(24-22(26)27-14-16-8-5-4-6-9-16)12-17-13-20(30-15-17)19-10-7-11-29-19/h4-13,15H,14H2,1-3H3,(H,24,26)/b18-12-. The lowest BCUT2D eigenvalue weighted by Gasteiger charge is -2.20. The third kappa shape index (κ3) is 6.57. The van der Waals surface area contributed by atoms with Gasteiger partial charge in [-0.2, -0.15) is 0 Å². The molecule has 3 rings (SSSR count). The number of nitrogens with one attached hydrogen (secondary N) is 1. The van der Waals surface area contributed by atoms with Crippen molar-refractivity contribution in [3.05, 3.63) is 76.1 Å². The number of hydrogen-bond donors (Lipinski definition) is 1. The number of benzene rings is 1. The summed E-state index contributed by atoms with van der Waals surface area (Å²) in [5, 5.41) is 6.48. The first-order valence-electron chi connectivity index (χ1n) is 9.35. The van der Waals surface area contributed by atoms with Crippen LogP contribution in [-0.4, -0.2) is 17.7 Å². The fourth-order valence-corrected chi connectivity index (χ4v) is 4.20. The summed E-state index contributed by atoms with van der Waals surface area (Å²) >= 11 is 3.22. The van der Waals surface area contributed by atoms with Crippen molar-refractivity contribution >= 4 is 40.8 Å². The van der Waals surface area contributed by atoms with Crippen LogP contribution in [0.25, 0.3) is 15.8 Å². The summed E-state index contributed by atoms with van der Waals surface area (Å²) in [5.41, 5.74) is 0.989. The molecule has 1 aromatic carbocycles. The quantitative estimate of drug-likeness (QED) is 0.372. The SMILES string of the molecule is CC(C)(C)OC(=O)/C(=C/c1csc(-c2cccs2)c1)NC(=O)OCc1ccccc1. The van der Waals surface area contributed by atoms with Gasteiger partial charge in [0, 0.05) is 9.75 Å². The van der Waals surface area contributed by atoms with Crippen molar-refractivity contribution < 1.29 is 19.1 Å². The zero-order chi connectivity index (χ0) is 21.6. The lowest BCUT2D eigenvalue weighted by molar-refractivity contribution is -0.150. The third-order valence-electron chi connectivity index (χ3n) is 3.76. The molecule has 1 amide bonds. The molecule has 3 aromatic rings. The maximum absolute atomic E-state index is 12.7. The Hall–Kier alpha value is -2.90. The highest BCUT2D eigenvalue weighted by atomic mass is 32.1. The fourth-order valence-electron chi connectivity index (χ4n) is 2.49. The van der Waals surface area contributed by atoms with Gasteiger partial charge < -0.3 is 9.47 Å². The number of esters is 1. The van der Waals surface area contributed by atoms with E-state index in [4.69, 9.17) is 9.47 Å². The van der Waals surface area contributed by atoms with Crippen molar-refractivity contribution in [2.24, 2.45) is 0 Å². The van der Waals surface area contributed by atoms with Crippen LogP contribution in [0, 0.1) is 0 Å². The molecule has 156 valence electrons. The Bertz CT molecular complexity index is 1020. The van der Waals surface area contributed by atoms with E-state index in [2.05, 4.69) is 5.32 Å². The highest BCUT2D eigenvalue weighted by Crippen LogP contribution is 2.31. The number of carbonyl (C=O) groups excluding carboxylic acids is 2. The molecule has 5 nitrogen and oxygen atoms in total. The maximum atomic E-state index is 12.7. The van der Waals surface area contributed by atoms with Gasteiger partial charge in [0.2, 0.25) is 0 Å². The lowest BCUT2D eigenvalue weighted by atomic mass is 10.2. The van der Waals surface area contributed by atoms with Gasteiger partial charge in [-0.05, 0) is 60.9 Å². The van der Waals surface area contributed by atoms with Crippen LogP contribution in [-0.2, 0) is 20.9 Å². The second kappa shape index (κ2) is 9.73. The zero-order valence-corrected chi connectivity index (χ0v) is 18.6. The van der Waals surface area contributed by atoms with Crippen molar-refractivity contribution in [3.63, 3.8) is 0 Å². The average Bonchev–Trinajstić information content (AvgIpc) is 3.37. The molecule has 0 aliphatic heterocycles. The molecule has 0 bridgehead atoms. The van der Waals surface area contributed by atoms with E-state index in [9.17, 15) is 9.59 Å². The van der Waals surface area contributed by atoms with Crippen LogP contribution in [0.5, 0.6) is 0 Å². The Labute approximate surface area is 184 Å². The van der Waals surface area contributed by atoms with E-state index in [-0.39, 0.29) is 12.3 Å². The monoisotopic (exact) mass is 441 g/mol. The highest BCUT2D eigenvalue weighted by molar-refractivity contribution is 7.20. The van der Waals surface area contributed by atoms with E-state index in [1.807, 2.05) is 59.3 Å². The van der Waals surface area contributed by atoms with Crippen LogP contribution in [0.1, 0.15) is 31.9 Å². The number of alkyl carbamates (subject to hydrolysis) is 1. The van der Waals surface area contributed by atoms with E-state index in [0.29, 0.717) is 0 Å². The van der Waals surface area contributed by atoms with Gasteiger partial charge in [0.15, 0.2) is 0 Å². The predicted octanol–water partition coefficient (Wildman–Crippen LogP) is 6.09. The molecule has 0 aliphatic rings. The van der Waals surface area contributed by atoms with Crippen LogP contribution in [0.2, 0.25) is 0 Å². The van der Waals surface area contributed by atoms with E-state index >= 15 is 0 Å². The van der Waals surface area contributed by atoms with Crippen molar-refractivity contribution in [1.82, 2.24) is 5.32 Å². The number of amides is 1. The molecule has 7 heteroatoms. The van der Waals surface area contributed by atoms with Gasteiger partial charge in [0.25, 0.3) is 0 Å². The summed E-state index contributed by atoms with van der Waals surface area (Å²) < 4.78 is 10.7. The second-order valence-electron chi connectivity index (χ2n) is 7.47. The lowest BCUT2D eigenvalue weighted by Crippen LogP contribution is -2.33. The second-order valence-corrected chi connectivity index (χ2v) is 9.33. The smallest absolute Gasteiger partial charge is 0.412 e. The fraction of sp³-hybridized carbons (Fsp3) is 0.217. The zero-order valence-electron chi connectivity index (χ0n) is 17.0. The maximum Gasteiger partial charge on any atom is 0.412 e. The molecule has 0 unspecified atom stereocenters. The number of thiophene rings is 2. The normalized spacial score (nSPS) is 11.8. The van der Waals surface area contributed by atoms with Gasteiger partial charge in [0.1, 0.15) is 17.9 Å². The summed E-state index contributed by atoms with van der Waals surface area (Å²) in [6.45, 7) is 5.43. The minimum absolute atomic E-state index is 0.0264. The number of rotatable bonds is 6. The van der Waals surface area contributed by atoms with Crippen LogP contribution in [0.15, 0.2) is 65.0 Å². The van der Waals surface area contributed by atoms with Crippen LogP contribution < -0.4 is 5.32 Å². The molecular weight excluding hydrogens is 418 g/mol. The molecule has 0 atom stereocenters. The largest absolute Gasteiger partial charge is 0.455 e. The van der Waals surface area contributed by atoms with E-state index in [1.54, 1.807) is 49.5 Å². The first-order valence-corrected chi connectivity index (χ1v) is 11.1. The van der Waals surface area contributed by atoms with Crippen molar-refractivity contribution in [3.8, 4) is 9.75 Å². The molecule has 2 aromatic heterocycles. The van der Waals surface area contributed by atoms with E-state index in [0.717, 1.165) is 20.9 Å². The molecule has 0 saturated heterocycles. The molecular formula is C23H23NO4S2. The Morgan fingerprint density at radius 1 is 1.03 bits per heavy atom. The number of carbonyl (C=O) groups is 2. The summed E-state index contributed by atoms with van der Waals surface area (Å²) in [6, 6.07) is 15.3. The van der Waals surface area contributed by atoms with Crippen LogP contribution in [0.3, 0.4) is 0 Å². The molecule has 2 heterocycles. The number of ether oxygens (including phenoxy) is 2. The number of hydrogen-bond acceptors (Lipinski definition) is 6. The Morgan fingerprint density at radius 3 is 2.47 bits per heavy atom. The molecule has 30 heavy (non-hydrogen) atoms.